The van der Waals surface area contributed by atoms with Crippen LogP contribution >= 0.6 is 0 Å². The van der Waals surface area contributed by atoms with Crippen LogP contribution < -0.4 is 14.4 Å². The summed E-state index contributed by atoms with van der Waals surface area (Å²) in [6.07, 6.45) is 0.971. The second-order valence-electron chi connectivity index (χ2n) is 5.08. The van der Waals surface area contributed by atoms with Gasteiger partial charge in [-0.1, -0.05) is 25.1 Å². The minimum absolute atomic E-state index is 0.0118. The Kier molecular flexibility index (Phi) is 6.48. The molecular weight excluding hydrogens is 290 g/mol. The molecule has 2 aromatic rings. The number of carbonyl (C=O) groups excluding carboxylic acids is 1. The molecule has 0 spiro atoms. The van der Waals surface area contributed by atoms with E-state index in [0.717, 1.165) is 17.9 Å². The summed E-state index contributed by atoms with van der Waals surface area (Å²) in [5.41, 5.74) is 0.881. The third kappa shape index (κ3) is 5.02. The lowest BCUT2D eigenvalue weighted by molar-refractivity contribution is -0.120. The highest BCUT2D eigenvalue weighted by atomic mass is 16.5. The molecule has 0 bridgehead atoms. The van der Waals surface area contributed by atoms with Crippen molar-refractivity contribution in [1.82, 2.24) is 0 Å². The molecule has 0 aliphatic carbocycles. The first kappa shape index (κ1) is 16.9. The van der Waals surface area contributed by atoms with Gasteiger partial charge in [0, 0.05) is 12.2 Å². The molecule has 0 aromatic heterocycles. The Morgan fingerprint density at radius 1 is 0.913 bits per heavy atom. The lowest BCUT2D eigenvalue weighted by Gasteiger charge is -2.21. The average molecular weight is 313 g/mol. The van der Waals surface area contributed by atoms with E-state index in [1.165, 1.54) is 0 Å². The van der Waals surface area contributed by atoms with Crippen molar-refractivity contribution in [3.63, 3.8) is 0 Å². The monoisotopic (exact) mass is 313 g/mol. The molecule has 0 unspecified atom stereocenters. The van der Waals surface area contributed by atoms with Crippen molar-refractivity contribution in [3.8, 4) is 11.5 Å². The van der Waals surface area contributed by atoms with Gasteiger partial charge in [0.1, 0.15) is 11.5 Å². The first-order valence-corrected chi connectivity index (χ1v) is 7.95. The number of ether oxygens (including phenoxy) is 2. The topological polar surface area (TPSA) is 38.8 Å². The van der Waals surface area contributed by atoms with Crippen LogP contribution in [0, 0.1) is 0 Å². The van der Waals surface area contributed by atoms with Gasteiger partial charge in [0.2, 0.25) is 0 Å². The highest BCUT2D eigenvalue weighted by Crippen LogP contribution is 2.18. The van der Waals surface area contributed by atoms with E-state index in [-0.39, 0.29) is 12.5 Å². The quantitative estimate of drug-likeness (QED) is 0.742. The largest absolute Gasteiger partial charge is 0.494 e. The van der Waals surface area contributed by atoms with Gasteiger partial charge >= 0.3 is 0 Å². The zero-order valence-corrected chi connectivity index (χ0v) is 13.7. The minimum Gasteiger partial charge on any atom is -0.494 e. The van der Waals surface area contributed by atoms with Crippen molar-refractivity contribution in [1.29, 1.82) is 0 Å². The van der Waals surface area contributed by atoms with Crippen molar-refractivity contribution in [2.24, 2.45) is 0 Å². The van der Waals surface area contributed by atoms with Crippen LogP contribution in [0.1, 0.15) is 20.3 Å². The molecule has 0 N–H and O–H groups in total. The molecule has 0 saturated carbocycles. The Morgan fingerprint density at radius 2 is 1.52 bits per heavy atom. The SMILES string of the molecule is CCCOc1ccc(OCC(=O)N(CC)c2ccccc2)cc1. The van der Waals surface area contributed by atoms with Crippen LogP contribution in [0.5, 0.6) is 11.5 Å². The van der Waals surface area contributed by atoms with E-state index in [2.05, 4.69) is 6.92 Å². The number of benzene rings is 2. The third-order valence-electron chi connectivity index (χ3n) is 3.34. The number of likely N-dealkylation sites (N-methyl/N-ethyl adjacent to an activating group) is 1. The van der Waals surface area contributed by atoms with E-state index in [9.17, 15) is 4.79 Å². The number of hydrogen-bond donors (Lipinski definition) is 0. The highest BCUT2D eigenvalue weighted by Gasteiger charge is 2.14. The molecule has 23 heavy (non-hydrogen) atoms. The van der Waals surface area contributed by atoms with Gasteiger partial charge in [-0.2, -0.15) is 0 Å². The maximum Gasteiger partial charge on any atom is 0.264 e. The normalized spacial score (nSPS) is 10.2. The summed E-state index contributed by atoms with van der Waals surface area (Å²) in [4.78, 5) is 14.0. The summed E-state index contributed by atoms with van der Waals surface area (Å²) >= 11 is 0. The number of hydrogen-bond acceptors (Lipinski definition) is 3. The van der Waals surface area contributed by atoms with Gasteiger partial charge in [0.15, 0.2) is 6.61 Å². The third-order valence-corrected chi connectivity index (χ3v) is 3.34. The molecule has 4 heteroatoms. The molecule has 2 aromatic carbocycles. The van der Waals surface area contributed by atoms with E-state index in [1.54, 1.807) is 4.90 Å². The van der Waals surface area contributed by atoms with Gasteiger partial charge < -0.3 is 14.4 Å². The highest BCUT2D eigenvalue weighted by molar-refractivity contribution is 5.94. The summed E-state index contributed by atoms with van der Waals surface area (Å²) in [6.45, 7) is 5.33. The Hall–Kier alpha value is -2.49. The van der Waals surface area contributed by atoms with Gasteiger partial charge in [-0.05, 0) is 49.7 Å². The summed E-state index contributed by atoms with van der Waals surface area (Å²) in [6, 6.07) is 16.9. The van der Waals surface area contributed by atoms with E-state index in [4.69, 9.17) is 9.47 Å². The fraction of sp³-hybridized carbons (Fsp3) is 0.316. The molecule has 2 rings (SSSR count). The van der Waals surface area contributed by atoms with E-state index >= 15 is 0 Å². The predicted octanol–water partition coefficient (Wildman–Crippen LogP) is 3.91. The van der Waals surface area contributed by atoms with E-state index < -0.39 is 0 Å². The number of para-hydroxylation sites is 1. The van der Waals surface area contributed by atoms with Crippen LogP contribution in [-0.2, 0) is 4.79 Å². The van der Waals surface area contributed by atoms with Crippen LogP contribution in [0.3, 0.4) is 0 Å². The first-order valence-electron chi connectivity index (χ1n) is 7.95. The lowest BCUT2D eigenvalue weighted by atomic mass is 10.3. The Morgan fingerprint density at radius 3 is 2.09 bits per heavy atom. The van der Waals surface area contributed by atoms with Crippen molar-refractivity contribution in [3.05, 3.63) is 54.6 Å². The van der Waals surface area contributed by atoms with Crippen molar-refractivity contribution in [2.45, 2.75) is 20.3 Å². The maximum absolute atomic E-state index is 12.3. The van der Waals surface area contributed by atoms with Gasteiger partial charge in [-0.3, -0.25) is 4.79 Å². The molecule has 0 radical (unpaired) electrons. The molecule has 0 heterocycles. The van der Waals surface area contributed by atoms with Gasteiger partial charge in [0.25, 0.3) is 5.91 Å². The molecule has 1 amide bonds. The Balaban J connectivity index is 1.90. The average Bonchev–Trinajstić information content (AvgIpc) is 2.60. The second-order valence-corrected chi connectivity index (χ2v) is 5.08. The van der Waals surface area contributed by atoms with Crippen LogP contribution in [0.2, 0.25) is 0 Å². The van der Waals surface area contributed by atoms with Crippen LogP contribution in [-0.4, -0.2) is 25.7 Å². The summed E-state index contributed by atoms with van der Waals surface area (Å²) < 4.78 is 11.1. The van der Waals surface area contributed by atoms with E-state index in [0.29, 0.717) is 18.9 Å². The summed E-state index contributed by atoms with van der Waals surface area (Å²) in [5, 5.41) is 0. The van der Waals surface area contributed by atoms with Crippen molar-refractivity contribution < 1.29 is 14.3 Å². The molecule has 4 nitrogen and oxygen atoms in total. The van der Waals surface area contributed by atoms with Gasteiger partial charge in [0.05, 0.1) is 6.61 Å². The van der Waals surface area contributed by atoms with Crippen LogP contribution in [0.15, 0.2) is 54.6 Å². The minimum atomic E-state index is -0.0648. The first-order chi connectivity index (χ1) is 11.2. The Labute approximate surface area is 137 Å². The molecule has 0 atom stereocenters. The molecule has 0 aliphatic heterocycles. The number of amides is 1. The predicted molar refractivity (Wildman–Crippen MR) is 92.2 cm³/mol. The molecular formula is C19H23NO3. The number of rotatable bonds is 8. The molecule has 0 aliphatic rings. The molecule has 122 valence electrons. The van der Waals surface area contributed by atoms with Crippen LogP contribution in [0.4, 0.5) is 5.69 Å². The zero-order valence-electron chi connectivity index (χ0n) is 13.7. The fourth-order valence-electron chi connectivity index (χ4n) is 2.19. The number of carbonyl (C=O) groups is 1. The summed E-state index contributed by atoms with van der Waals surface area (Å²) in [7, 11) is 0. The molecule has 0 saturated heterocycles. The number of nitrogens with zero attached hydrogens (tertiary/aromatic N) is 1. The second kappa shape index (κ2) is 8.83. The van der Waals surface area contributed by atoms with E-state index in [1.807, 2.05) is 61.5 Å². The Bertz CT molecular complexity index is 596. The summed E-state index contributed by atoms with van der Waals surface area (Å²) in [5.74, 6) is 1.40. The maximum atomic E-state index is 12.3. The van der Waals surface area contributed by atoms with Crippen molar-refractivity contribution >= 4 is 11.6 Å². The fourth-order valence-corrected chi connectivity index (χ4v) is 2.19. The zero-order chi connectivity index (χ0) is 16.5. The van der Waals surface area contributed by atoms with Crippen molar-refractivity contribution in [2.75, 3.05) is 24.7 Å². The smallest absolute Gasteiger partial charge is 0.264 e. The van der Waals surface area contributed by atoms with Crippen LogP contribution in [0.25, 0.3) is 0 Å². The molecule has 0 fully saturated rings. The lowest BCUT2D eigenvalue weighted by Crippen LogP contribution is -2.34. The van der Waals surface area contributed by atoms with Gasteiger partial charge in [-0.25, -0.2) is 0 Å². The standard InChI is InChI=1S/C19H23NO3/c1-3-14-22-17-10-12-18(13-11-17)23-15-19(21)20(4-2)16-8-6-5-7-9-16/h5-13H,3-4,14-15H2,1-2H3. The van der Waals surface area contributed by atoms with Gasteiger partial charge in [-0.15, -0.1) is 0 Å². The number of anilines is 1.